The zero-order valence-electron chi connectivity index (χ0n) is 15.2. The molecule has 146 valence electrons. The Morgan fingerprint density at radius 1 is 0.793 bits per heavy atom. The Morgan fingerprint density at radius 3 is 2.14 bits per heavy atom. The topological polar surface area (TPSA) is 50.8 Å². The molecule has 0 unspecified atom stereocenters. The molecule has 0 spiro atoms. The maximum absolute atomic E-state index is 12.9. The second-order valence-electron chi connectivity index (χ2n) is 6.63. The second-order valence-corrected chi connectivity index (χ2v) is 7.85. The lowest BCUT2D eigenvalue weighted by Crippen LogP contribution is -2.27. The highest BCUT2D eigenvalue weighted by Crippen LogP contribution is 2.24. The largest absolute Gasteiger partial charge is 0.306 e. The Kier molecular flexibility index (Phi) is 5.50. The molecule has 0 radical (unpaired) electrons. The van der Waals surface area contributed by atoms with Gasteiger partial charge in [-0.3, -0.25) is 10.2 Å². The average Bonchev–Trinajstić information content (AvgIpc) is 2.97. The number of aromatic nitrogens is 2. The van der Waals surface area contributed by atoms with Crippen molar-refractivity contribution in [2.75, 3.05) is 0 Å². The molecule has 7 heteroatoms. The first-order chi connectivity index (χ1) is 14.0. The summed E-state index contributed by atoms with van der Waals surface area (Å²) in [5.74, 6) is -0.150. The standard InChI is InChI=1S/C22H16Cl3N3O/c23-16-6-2-1-5-15(16)12-27-19-7-3-4-8-20(19)28(22(27)26)13-21(29)14-9-10-17(24)18(25)11-14/h1-11,26H,12-13H2. The number of imidazole rings is 1. The van der Waals surface area contributed by atoms with Gasteiger partial charge in [-0.1, -0.05) is 65.1 Å². The van der Waals surface area contributed by atoms with Crippen LogP contribution in [0.3, 0.4) is 0 Å². The highest BCUT2D eigenvalue weighted by molar-refractivity contribution is 6.42. The first kappa shape index (κ1) is 19.8. The molecule has 0 fully saturated rings. The van der Waals surface area contributed by atoms with E-state index in [1.807, 2.05) is 53.1 Å². The van der Waals surface area contributed by atoms with Gasteiger partial charge in [0, 0.05) is 10.6 Å². The molecule has 29 heavy (non-hydrogen) atoms. The number of hydrogen-bond donors (Lipinski definition) is 1. The van der Waals surface area contributed by atoms with Crippen LogP contribution in [0.2, 0.25) is 15.1 Å². The monoisotopic (exact) mass is 443 g/mol. The number of benzene rings is 3. The van der Waals surface area contributed by atoms with Gasteiger partial charge in [0.25, 0.3) is 0 Å². The summed E-state index contributed by atoms with van der Waals surface area (Å²) >= 11 is 18.3. The van der Waals surface area contributed by atoms with Gasteiger partial charge >= 0.3 is 0 Å². The van der Waals surface area contributed by atoms with Crippen molar-refractivity contribution in [3.63, 3.8) is 0 Å². The zero-order valence-corrected chi connectivity index (χ0v) is 17.5. The maximum atomic E-state index is 12.9. The fourth-order valence-corrected chi connectivity index (χ4v) is 3.81. The van der Waals surface area contributed by atoms with Gasteiger partial charge < -0.3 is 9.13 Å². The van der Waals surface area contributed by atoms with Crippen molar-refractivity contribution in [1.82, 2.24) is 9.13 Å². The van der Waals surface area contributed by atoms with Crippen LogP contribution in [0.4, 0.5) is 0 Å². The third-order valence-corrected chi connectivity index (χ3v) is 5.91. The van der Waals surface area contributed by atoms with Gasteiger partial charge in [-0.05, 0) is 42.0 Å². The molecule has 4 nitrogen and oxygen atoms in total. The second kappa shape index (κ2) is 8.07. The van der Waals surface area contributed by atoms with E-state index >= 15 is 0 Å². The summed E-state index contributed by atoms with van der Waals surface area (Å²) in [7, 11) is 0. The third kappa shape index (κ3) is 3.84. The number of nitrogens with zero attached hydrogens (tertiary/aromatic N) is 2. The van der Waals surface area contributed by atoms with Gasteiger partial charge in [-0.25, -0.2) is 0 Å². The number of para-hydroxylation sites is 2. The van der Waals surface area contributed by atoms with Crippen molar-refractivity contribution in [2.24, 2.45) is 0 Å². The molecule has 0 aliphatic heterocycles. The van der Waals surface area contributed by atoms with Gasteiger partial charge in [-0.15, -0.1) is 0 Å². The molecule has 0 aliphatic rings. The molecule has 0 saturated heterocycles. The first-order valence-electron chi connectivity index (χ1n) is 8.90. The molecule has 3 aromatic carbocycles. The molecule has 1 aromatic heterocycles. The van der Waals surface area contributed by atoms with Crippen LogP contribution in [0, 0.1) is 5.41 Å². The Labute approximate surface area is 182 Å². The number of carbonyl (C=O) groups excluding carboxylic acids is 1. The number of nitrogens with one attached hydrogen (secondary N) is 1. The minimum atomic E-state index is -0.150. The van der Waals surface area contributed by atoms with Crippen molar-refractivity contribution >= 4 is 51.6 Å². The lowest BCUT2D eigenvalue weighted by atomic mass is 10.1. The molecule has 1 N–H and O–H groups in total. The SMILES string of the molecule is N=c1n(CC(=O)c2ccc(Cl)c(Cl)c2)c2ccccc2n1Cc1ccccc1Cl. The molecular weight excluding hydrogens is 429 g/mol. The van der Waals surface area contributed by atoms with Crippen LogP contribution in [-0.4, -0.2) is 14.9 Å². The Morgan fingerprint density at radius 2 is 1.45 bits per heavy atom. The minimum Gasteiger partial charge on any atom is -0.306 e. The molecule has 4 rings (SSSR count). The number of ketones is 1. The van der Waals surface area contributed by atoms with E-state index in [1.54, 1.807) is 22.8 Å². The molecular formula is C22H16Cl3N3O. The predicted molar refractivity (Wildman–Crippen MR) is 117 cm³/mol. The van der Waals surface area contributed by atoms with Gasteiger partial charge in [0.1, 0.15) is 0 Å². The number of Topliss-reactive ketones (excluding diaryl/α,β-unsaturated/α-hetero) is 1. The summed E-state index contributed by atoms with van der Waals surface area (Å²) in [6.07, 6.45) is 0. The molecule has 0 saturated carbocycles. The van der Waals surface area contributed by atoms with Crippen molar-refractivity contribution < 1.29 is 4.79 Å². The summed E-state index contributed by atoms with van der Waals surface area (Å²) in [5.41, 5.74) is 3.25. The fourth-order valence-electron chi connectivity index (χ4n) is 3.32. The summed E-state index contributed by atoms with van der Waals surface area (Å²) in [6, 6.07) is 20.0. The van der Waals surface area contributed by atoms with Crippen LogP contribution < -0.4 is 5.62 Å². The minimum absolute atomic E-state index is 0.0207. The number of rotatable bonds is 5. The van der Waals surface area contributed by atoms with E-state index in [9.17, 15) is 4.79 Å². The summed E-state index contributed by atoms with van der Waals surface area (Å²) in [6.45, 7) is 0.458. The normalized spacial score (nSPS) is 11.1. The van der Waals surface area contributed by atoms with Gasteiger partial charge in [0.15, 0.2) is 5.78 Å². The highest BCUT2D eigenvalue weighted by atomic mass is 35.5. The van der Waals surface area contributed by atoms with E-state index in [4.69, 9.17) is 40.2 Å². The Balaban J connectivity index is 1.76. The van der Waals surface area contributed by atoms with Crippen LogP contribution >= 0.6 is 34.8 Å². The molecule has 1 heterocycles. The van der Waals surface area contributed by atoms with Crippen LogP contribution in [-0.2, 0) is 13.1 Å². The van der Waals surface area contributed by atoms with Crippen molar-refractivity contribution in [3.8, 4) is 0 Å². The van der Waals surface area contributed by atoms with E-state index in [-0.39, 0.29) is 17.9 Å². The van der Waals surface area contributed by atoms with Crippen molar-refractivity contribution in [1.29, 1.82) is 5.41 Å². The van der Waals surface area contributed by atoms with Crippen LogP contribution in [0.1, 0.15) is 15.9 Å². The first-order valence-corrected chi connectivity index (χ1v) is 10.0. The quantitative estimate of drug-likeness (QED) is 0.388. The Bertz CT molecular complexity index is 1290. The van der Waals surface area contributed by atoms with Crippen molar-refractivity contribution in [3.05, 3.63) is 98.5 Å². The van der Waals surface area contributed by atoms with Crippen LogP contribution in [0.25, 0.3) is 11.0 Å². The summed E-state index contributed by atoms with van der Waals surface area (Å²) in [5, 5.41) is 10.1. The smallest absolute Gasteiger partial charge is 0.203 e. The molecule has 4 aromatic rings. The third-order valence-electron chi connectivity index (χ3n) is 4.80. The maximum Gasteiger partial charge on any atom is 0.203 e. The molecule has 0 bridgehead atoms. The molecule has 0 amide bonds. The van der Waals surface area contributed by atoms with Gasteiger partial charge in [0.05, 0.1) is 34.2 Å². The van der Waals surface area contributed by atoms with E-state index < -0.39 is 0 Å². The number of fused-ring (bicyclic) bond motifs is 1. The fraction of sp³-hybridized carbons (Fsp3) is 0.0909. The summed E-state index contributed by atoms with van der Waals surface area (Å²) < 4.78 is 3.54. The van der Waals surface area contributed by atoms with Gasteiger partial charge in [0.2, 0.25) is 5.62 Å². The zero-order chi connectivity index (χ0) is 20.5. The summed E-state index contributed by atoms with van der Waals surface area (Å²) in [4.78, 5) is 12.9. The van der Waals surface area contributed by atoms with Crippen molar-refractivity contribution in [2.45, 2.75) is 13.1 Å². The van der Waals surface area contributed by atoms with Crippen LogP contribution in [0.5, 0.6) is 0 Å². The number of halogens is 3. The van der Waals surface area contributed by atoms with Crippen LogP contribution in [0.15, 0.2) is 66.7 Å². The van der Waals surface area contributed by atoms with E-state index in [0.29, 0.717) is 27.2 Å². The van der Waals surface area contributed by atoms with E-state index in [1.165, 1.54) is 0 Å². The lowest BCUT2D eigenvalue weighted by molar-refractivity contribution is 0.0971. The number of carbonyl (C=O) groups is 1. The molecule has 0 aliphatic carbocycles. The van der Waals surface area contributed by atoms with E-state index in [2.05, 4.69) is 0 Å². The Hall–Kier alpha value is -2.53. The number of hydrogen-bond acceptors (Lipinski definition) is 2. The highest BCUT2D eigenvalue weighted by Gasteiger charge is 2.16. The predicted octanol–water partition coefficient (Wildman–Crippen LogP) is 5.81. The van der Waals surface area contributed by atoms with E-state index in [0.717, 1.165) is 16.6 Å². The lowest BCUT2D eigenvalue weighted by Gasteiger charge is -2.07. The molecule has 0 atom stereocenters. The van der Waals surface area contributed by atoms with Gasteiger partial charge in [-0.2, -0.15) is 0 Å². The average molecular weight is 445 g/mol.